The van der Waals surface area contributed by atoms with Crippen molar-refractivity contribution >= 4 is 17.1 Å². The van der Waals surface area contributed by atoms with Crippen LogP contribution in [0, 0.1) is 33.1 Å². The molecule has 1 N–H and O–H groups in total. The second-order valence-corrected chi connectivity index (χ2v) is 6.11. The number of benzene rings is 2. The first-order valence-corrected chi connectivity index (χ1v) is 7.67. The van der Waals surface area contributed by atoms with Gasteiger partial charge in [0.2, 0.25) is 0 Å². The van der Waals surface area contributed by atoms with Gasteiger partial charge < -0.3 is 9.98 Å². The van der Waals surface area contributed by atoms with Crippen molar-refractivity contribution < 1.29 is 0 Å². The Balaban J connectivity index is 2.14. The summed E-state index contributed by atoms with van der Waals surface area (Å²) in [5.74, 6) is 0. The first-order valence-electron chi connectivity index (χ1n) is 7.67. The Kier molecular flexibility index (Phi) is 3.61. The van der Waals surface area contributed by atoms with Crippen LogP contribution in [0.2, 0.25) is 0 Å². The van der Waals surface area contributed by atoms with Gasteiger partial charge in [-0.15, -0.1) is 0 Å². The summed E-state index contributed by atoms with van der Waals surface area (Å²) in [5, 5.41) is 8.70. The summed E-state index contributed by atoms with van der Waals surface area (Å²) >= 11 is 0. The number of hydrogen-bond acceptors (Lipinski definition) is 1. The molecule has 22 heavy (non-hydrogen) atoms. The first-order chi connectivity index (χ1) is 10.5. The summed E-state index contributed by atoms with van der Waals surface area (Å²) in [6.07, 6.45) is 3.56. The highest BCUT2D eigenvalue weighted by Gasteiger charge is 2.11. The molecule has 0 bridgehead atoms. The van der Waals surface area contributed by atoms with Crippen LogP contribution in [0.1, 0.15) is 33.4 Å². The topological polar surface area (TPSA) is 28.8 Å². The molecule has 0 spiro atoms. The van der Waals surface area contributed by atoms with E-state index in [9.17, 15) is 0 Å². The number of nitrogens with one attached hydrogen (secondary N) is 1. The van der Waals surface area contributed by atoms with Crippen molar-refractivity contribution in [1.82, 2.24) is 4.57 Å². The lowest BCUT2D eigenvalue weighted by Gasteiger charge is -2.16. The standard InChI is InChI=1S/C20H22N2/c1-13-10-14(2)16(4)19(15(13)3)12-22-9-8-18-17(11-21)6-5-7-20(18)22/h5-11,21H,12H2,1-4H3. The molecule has 0 saturated heterocycles. The van der Waals surface area contributed by atoms with Crippen molar-refractivity contribution in [1.29, 1.82) is 5.41 Å². The van der Waals surface area contributed by atoms with Gasteiger partial charge in [0.05, 0.1) is 0 Å². The average Bonchev–Trinajstić information content (AvgIpc) is 2.92. The largest absolute Gasteiger partial charge is 0.343 e. The summed E-state index contributed by atoms with van der Waals surface area (Å²) in [6, 6.07) is 10.5. The Morgan fingerprint density at radius 2 is 1.68 bits per heavy atom. The minimum atomic E-state index is 0.880. The molecular formula is C20H22N2. The molecule has 1 aromatic heterocycles. The molecule has 3 aromatic rings. The molecule has 0 amide bonds. The van der Waals surface area contributed by atoms with E-state index in [2.05, 4.69) is 56.7 Å². The van der Waals surface area contributed by atoms with Gasteiger partial charge in [-0.05, 0) is 67.6 Å². The van der Waals surface area contributed by atoms with Crippen molar-refractivity contribution in [3.63, 3.8) is 0 Å². The van der Waals surface area contributed by atoms with Crippen LogP contribution < -0.4 is 0 Å². The molecule has 0 saturated carbocycles. The third kappa shape index (κ3) is 2.25. The Labute approximate surface area is 131 Å². The Hall–Kier alpha value is -2.35. The van der Waals surface area contributed by atoms with Crippen molar-refractivity contribution in [2.45, 2.75) is 34.2 Å². The third-order valence-corrected chi connectivity index (χ3v) is 4.85. The zero-order chi connectivity index (χ0) is 15.9. The minimum Gasteiger partial charge on any atom is -0.343 e. The van der Waals surface area contributed by atoms with Crippen LogP contribution in [0.15, 0.2) is 36.5 Å². The SMILES string of the molecule is Cc1cc(C)c(C)c(Cn2ccc3c(C=N)cccc32)c1C. The highest BCUT2D eigenvalue weighted by molar-refractivity contribution is 5.97. The van der Waals surface area contributed by atoms with Crippen molar-refractivity contribution in [3.05, 3.63) is 69.9 Å². The Morgan fingerprint density at radius 3 is 2.32 bits per heavy atom. The average molecular weight is 290 g/mol. The maximum atomic E-state index is 7.55. The van der Waals surface area contributed by atoms with Crippen LogP contribution in [-0.4, -0.2) is 10.8 Å². The molecule has 2 aromatic carbocycles. The number of hydrogen-bond donors (Lipinski definition) is 1. The van der Waals surface area contributed by atoms with E-state index >= 15 is 0 Å². The molecule has 0 aliphatic carbocycles. The predicted molar refractivity (Wildman–Crippen MR) is 94.3 cm³/mol. The highest BCUT2D eigenvalue weighted by atomic mass is 15.0. The maximum absolute atomic E-state index is 7.55. The molecule has 0 fully saturated rings. The minimum absolute atomic E-state index is 0.880. The van der Waals surface area contributed by atoms with Gasteiger partial charge in [-0.2, -0.15) is 0 Å². The van der Waals surface area contributed by atoms with Crippen molar-refractivity contribution in [3.8, 4) is 0 Å². The van der Waals surface area contributed by atoms with E-state index in [0.29, 0.717) is 0 Å². The number of aromatic nitrogens is 1. The van der Waals surface area contributed by atoms with Gasteiger partial charge in [0.15, 0.2) is 0 Å². The van der Waals surface area contributed by atoms with Crippen LogP contribution >= 0.6 is 0 Å². The lowest BCUT2D eigenvalue weighted by atomic mass is 9.94. The van der Waals surface area contributed by atoms with Crippen LogP contribution in [0.25, 0.3) is 10.9 Å². The molecule has 0 aliphatic rings. The lowest BCUT2D eigenvalue weighted by molar-refractivity contribution is 0.820. The van der Waals surface area contributed by atoms with E-state index in [1.54, 1.807) is 0 Å². The van der Waals surface area contributed by atoms with Crippen molar-refractivity contribution in [2.24, 2.45) is 0 Å². The second kappa shape index (κ2) is 5.45. The molecule has 2 heteroatoms. The Morgan fingerprint density at radius 1 is 1.00 bits per heavy atom. The van der Waals surface area contributed by atoms with Crippen molar-refractivity contribution in [2.75, 3.05) is 0 Å². The van der Waals surface area contributed by atoms with Gasteiger partial charge in [0, 0.05) is 35.4 Å². The van der Waals surface area contributed by atoms with Crippen LogP contribution in [0.4, 0.5) is 0 Å². The summed E-state index contributed by atoms with van der Waals surface area (Å²) in [6.45, 7) is 9.68. The third-order valence-electron chi connectivity index (χ3n) is 4.85. The maximum Gasteiger partial charge on any atom is 0.0490 e. The smallest absolute Gasteiger partial charge is 0.0490 e. The molecule has 2 nitrogen and oxygen atoms in total. The number of fused-ring (bicyclic) bond motifs is 1. The number of aryl methyl sites for hydroxylation is 2. The van der Waals surface area contributed by atoms with Gasteiger partial charge >= 0.3 is 0 Å². The van der Waals surface area contributed by atoms with Gasteiger partial charge in [0.25, 0.3) is 0 Å². The van der Waals surface area contributed by atoms with E-state index in [-0.39, 0.29) is 0 Å². The normalized spacial score (nSPS) is 11.1. The first kappa shape index (κ1) is 14.6. The van der Waals surface area contributed by atoms with Crippen LogP contribution in [0.3, 0.4) is 0 Å². The highest BCUT2D eigenvalue weighted by Crippen LogP contribution is 2.25. The fraction of sp³-hybridized carbons (Fsp3) is 0.250. The van der Waals surface area contributed by atoms with E-state index < -0.39 is 0 Å². The van der Waals surface area contributed by atoms with Gasteiger partial charge in [-0.25, -0.2) is 0 Å². The zero-order valence-electron chi connectivity index (χ0n) is 13.7. The lowest BCUT2D eigenvalue weighted by Crippen LogP contribution is -2.05. The van der Waals surface area contributed by atoms with E-state index in [1.165, 1.54) is 39.5 Å². The van der Waals surface area contributed by atoms with E-state index in [4.69, 9.17) is 5.41 Å². The second-order valence-electron chi connectivity index (χ2n) is 6.11. The van der Waals surface area contributed by atoms with Crippen LogP contribution in [-0.2, 0) is 6.54 Å². The Bertz CT molecular complexity index is 843. The zero-order valence-corrected chi connectivity index (χ0v) is 13.7. The van der Waals surface area contributed by atoms with Gasteiger partial charge in [-0.1, -0.05) is 18.2 Å². The van der Waals surface area contributed by atoms with E-state index in [1.807, 2.05) is 12.1 Å². The molecule has 1 heterocycles. The molecule has 3 rings (SSSR count). The molecule has 112 valence electrons. The van der Waals surface area contributed by atoms with E-state index in [0.717, 1.165) is 17.5 Å². The number of nitrogens with zero attached hydrogens (tertiary/aromatic N) is 1. The predicted octanol–water partition coefficient (Wildman–Crippen LogP) is 4.92. The van der Waals surface area contributed by atoms with Crippen LogP contribution in [0.5, 0.6) is 0 Å². The quantitative estimate of drug-likeness (QED) is 0.663. The number of rotatable bonds is 3. The summed E-state index contributed by atoms with van der Waals surface area (Å²) in [7, 11) is 0. The molecule has 0 unspecified atom stereocenters. The monoisotopic (exact) mass is 290 g/mol. The van der Waals surface area contributed by atoms with Gasteiger partial charge in [0.1, 0.15) is 0 Å². The molecule has 0 atom stereocenters. The molecular weight excluding hydrogens is 268 g/mol. The summed E-state index contributed by atoms with van der Waals surface area (Å²) in [5.41, 5.74) is 9.06. The fourth-order valence-electron chi connectivity index (χ4n) is 3.22. The summed E-state index contributed by atoms with van der Waals surface area (Å²) in [4.78, 5) is 0. The summed E-state index contributed by atoms with van der Waals surface area (Å²) < 4.78 is 2.29. The van der Waals surface area contributed by atoms with Gasteiger partial charge in [-0.3, -0.25) is 0 Å². The fourth-order valence-corrected chi connectivity index (χ4v) is 3.22. The molecule has 0 aliphatic heterocycles. The molecule has 0 radical (unpaired) electrons.